The number of aromatic nitrogens is 1. The summed E-state index contributed by atoms with van der Waals surface area (Å²) in [4.78, 5) is 50.5. The van der Waals surface area contributed by atoms with Crippen LogP contribution in [0.4, 0.5) is 4.79 Å². The van der Waals surface area contributed by atoms with Crippen LogP contribution in [0.2, 0.25) is 0 Å². The second kappa shape index (κ2) is 12.9. The van der Waals surface area contributed by atoms with Gasteiger partial charge in [-0.3, -0.25) is 14.4 Å². The maximum absolute atomic E-state index is 13.5. The van der Waals surface area contributed by atoms with E-state index in [2.05, 4.69) is 10.6 Å². The molecule has 1 aromatic heterocycles. The van der Waals surface area contributed by atoms with Gasteiger partial charge in [-0.25, -0.2) is 4.79 Å². The number of hydrogen-bond acceptors (Lipinski definition) is 6. The molecule has 4 N–H and O–H groups in total. The van der Waals surface area contributed by atoms with Crippen molar-refractivity contribution in [2.24, 2.45) is 5.73 Å². The Bertz CT molecular complexity index is 1210. The average molecular weight is 541 g/mol. The number of rotatable bonds is 10. The van der Waals surface area contributed by atoms with Crippen LogP contribution in [0, 0.1) is 0 Å². The molecule has 0 unspecified atom stereocenters. The molecule has 3 rings (SSSR count). The second-order valence-electron chi connectivity index (χ2n) is 11.0. The zero-order valence-electron chi connectivity index (χ0n) is 23.2. The number of benzene rings is 1. The Morgan fingerprint density at radius 1 is 1.03 bits per heavy atom. The lowest BCUT2D eigenvalue weighted by Gasteiger charge is -2.37. The number of primary amides is 1. The number of carbonyl (C=O) groups excluding carboxylic acids is 3. The highest BCUT2D eigenvalue weighted by atomic mass is 16.6. The molecule has 1 aliphatic rings. The summed E-state index contributed by atoms with van der Waals surface area (Å²) >= 11 is 0. The van der Waals surface area contributed by atoms with E-state index in [1.165, 1.54) is 6.07 Å². The van der Waals surface area contributed by atoms with Gasteiger partial charge in [-0.05, 0) is 56.4 Å². The lowest BCUT2D eigenvalue weighted by Crippen LogP contribution is -2.63. The molecule has 0 radical (unpaired) electrons. The fraction of sp³-hybridized carbons (Fsp3) is 0.517. The molecule has 1 fully saturated rings. The van der Waals surface area contributed by atoms with E-state index in [0.717, 1.165) is 36.0 Å². The van der Waals surface area contributed by atoms with Gasteiger partial charge in [0, 0.05) is 32.3 Å². The third-order valence-electron chi connectivity index (χ3n) is 6.78. The van der Waals surface area contributed by atoms with Crippen LogP contribution in [0.25, 0.3) is 11.1 Å². The van der Waals surface area contributed by atoms with Gasteiger partial charge in [0.2, 0.25) is 11.8 Å². The predicted molar refractivity (Wildman–Crippen MR) is 148 cm³/mol. The van der Waals surface area contributed by atoms with Gasteiger partial charge in [-0.15, -0.1) is 0 Å². The molecule has 1 aliphatic carbocycles. The Labute approximate surface area is 229 Å². The number of pyridine rings is 1. The summed E-state index contributed by atoms with van der Waals surface area (Å²) in [7, 11) is 1.59. The molecule has 212 valence electrons. The number of nitrogens with two attached hydrogens (primary N) is 1. The molecule has 10 nitrogen and oxygen atoms in total. The van der Waals surface area contributed by atoms with Crippen molar-refractivity contribution in [2.75, 3.05) is 13.7 Å². The Balaban J connectivity index is 1.73. The minimum atomic E-state index is -1.16. The Morgan fingerprint density at radius 3 is 2.26 bits per heavy atom. The lowest BCUT2D eigenvalue weighted by molar-refractivity contribution is -0.133. The van der Waals surface area contributed by atoms with E-state index in [-0.39, 0.29) is 12.0 Å². The molecule has 1 atom stereocenters. The van der Waals surface area contributed by atoms with Gasteiger partial charge >= 0.3 is 6.09 Å². The van der Waals surface area contributed by atoms with Crippen molar-refractivity contribution < 1.29 is 23.9 Å². The number of methoxy groups -OCH3 is 1. The van der Waals surface area contributed by atoms with Crippen molar-refractivity contribution in [3.63, 3.8) is 0 Å². The SMILES string of the molecule is COCCn1cc(-c2ccc(C[C@H](NC(=O)C3(NC(=O)OC(C)(C)C)CCCCC3)C(N)=O)cc2)ccc1=O. The number of nitrogens with one attached hydrogen (secondary N) is 2. The molecule has 2 aromatic rings. The van der Waals surface area contributed by atoms with Gasteiger partial charge in [-0.1, -0.05) is 43.5 Å². The highest BCUT2D eigenvalue weighted by Crippen LogP contribution is 2.29. The summed E-state index contributed by atoms with van der Waals surface area (Å²) in [6, 6.07) is 9.82. The summed E-state index contributed by atoms with van der Waals surface area (Å²) < 4.78 is 12.1. The van der Waals surface area contributed by atoms with Gasteiger partial charge in [0.15, 0.2) is 0 Å². The monoisotopic (exact) mass is 540 g/mol. The molecular weight excluding hydrogens is 500 g/mol. The third-order valence-corrected chi connectivity index (χ3v) is 6.78. The van der Waals surface area contributed by atoms with Gasteiger partial charge in [0.25, 0.3) is 5.56 Å². The minimum absolute atomic E-state index is 0.107. The molecule has 0 spiro atoms. The molecule has 1 aromatic carbocycles. The van der Waals surface area contributed by atoms with Crippen LogP contribution >= 0.6 is 0 Å². The van der Waals surface area contributed by atoms with Crippen LogP contribution in [0.3, 0.4) is 0 Å². The van der Waals surface area contributed by atoms with Crippen molar-refractivity contribution >= 4 is 17.9 Å². The molecule has 1 heterocycles. The van der Waals surface area contributed by atoms with Crippen LogP contribution in [0.1, 0.15) is 58.4 Å². The first-order valence-corrected chi connectivity index (χ1v) is 13.3. The Morgan fingerprint density at radius 2 is 1.67 bits per heavy atom. The number of ether oxygens (including phenoxy) is 2. The topological polar surface area (TPSA) is 142 Å². The fourth-order valence-corrected chi connectivity index (χ4v) is 4.72. The molecule has 0 bridgehead atoms. The normalized spacial score (nSPS) is 15.7. The molecule has 0 saturated heterocycles. The lowest BCUT2D eigenvalue weighted by atomic mass is 9.80. The molecule has 10 heteroatoms. The zero-order chi connectivity index (χ0) is 28.6. The molecular formula is C29H40N4O6. The first kappa shape index (κ1) is 29.9. The highest BCUT2D eigenvalue weighted by molar-refractivity contribution is 5.94. The fourth-order valence-electron chi connectivity index (χ4n) is 4.72. The maximum Gasteiger partial charge on any atom is 0.408 e. The van der Waals surface area contributed by atoms with Crippen molar-refractivity contribution in [1.29, 1.82) is 0 Å². The van der Waals surface area contributed by atoms with Crippen LogP contribution in [0.5, 0.6) is 0 Å². The summed E-state index contributed by atoms with van der Waals surface area (Å²) in [5.74, 6) is -1.10. The first-order valence-electron chi connectivity index (χ1n) is 13.3. The second-order valence-corrected chi connectivity index (χ2v) is 11.0. The van der Waals surface area contributed by atoms with Crippen molar-refractivity contribution in [1.82, 2.24) is 15.2 Å². The number of amides is 3. The van der Waals surface area contributed by atoms with Crippen LogP contribution in [0.15, 0.2) is 47.4 Å². The van der Waals surface area contributed by atoms with Crippen LogP contribution in [-0.4, -0.2) is 53.4 Å². The first-order chi connectivity index (χ1) is 18.4. The molecule has 39 heavy (non-hydrogen) atoms. The quantitative estimate of drug-likeness (QED) is 0.423. The largest absolute Gasteiger partial charge is 0.444 e. The van der Waals surface area contributed by atoms with E-state index in [4.69, 9.17) is 15.2 Å². The standard InChI is InChI=1S/C29H40N4O6/c1-28(2,3)39-27(37)32-29(14-6-5-7-15-29)26(36)31-23(25(30)35)18-20-8-10-21(11-9-20)22-12-13-24(34)33(19-22)16-17-38-4/h8-13,19,23H,5-7,14-18H2,1-4H3,(H2,30,35)(H,31,36)(H,32,37)/t23-/m0/s1. The number of alkyl carbamates (subject to hydrolysis) is 1. The van der Waals surface area contributed by atoms with E-state index in [0.29, 0.717) is 26.0 Å². The van der Waals surface area contributed by atoms with E-state index in [9.17, 15) is 19.2 Å². The zero-order valence-corrected chi connectivity index (χ0v) is 23.2. The highest BCUT2D eigenvalue weighted by Gasteiger charge is 2.43. The van der Waals surface area contributed by atoms with E-state index in [1.807, 2.05) is 24.3 Å². The van der Waals surface area contributed by atoms with E-state index >= 15 is 0 Å². The Hall–Kier alpha value is -3.66. The van der Waals surface area contributed by atoms with Gasteiger partial charge in [0.1, 0.15) is 17.2 Å². The summed E-state index contributed by atoms with van der Waals surface area (Å²) in [6.07, 6.45) is 4.70. The third kappa shape index (κ3) is 8.41. The molecule has 0 aliphatic heterocycles. The van der Waals surface area contributed by atoms with Gasteiger partial charge in [-0.2, -0.15) is 0 Å². The van der Waals surface area contributed by atoms with Crippen molar-refractivity contribution in [2.45, 2.75) is 83.0 Å². The van der Waals surface area contributed by atoms with E-state index in [1.54, 1.807) is 44.7 Å². The molecule has 3 amide bonds. The van der Waals surface area contributed by atoms with E-state index < -0.39 is 35.1 Å². The smallest absolute Gasteiger partial charge is 0.408 e. The average Bonchev–Trinajstić information content (AvgIpc) is 2.87. The van der Waals surface area contributed by atoms with Gasteiger partial charge < -0.3 is 30.4 Å². The summed E-state index contributed by atoms with van der Waals surface area (Å²) in [6.45, 7) is 6.15. The number of carbonyl (C=O) groups is 3. The molecule has 1 saturated carbocycles. The number of hydrogen-bond donors (Lipinski definition) is 3. The summed E-state index contributed by atoms with van der Waals surface area (Å²) in [5, 5.41) is 5.58. The van der Waals surface area contributed by atoms with Crippen molar-refractivity contribution in [3.8, 4) is 11.1 Å². The van der Waals surface area contributed by atoms with Crippen LogP contribution < -0.4 is 21.9 Å². The minimum Gasteiger partial charge on any atom is -0.444 e. The van der Waals surface area contributed by atoms with Crippen molar-refractivity contribution in [3.05, 3.63) is 58.5 Å². The number of nitrogens with zero attached hydrogens (tertiary/aromatic N) is 1. The van der Waals surface area contributed by atoms with Gasteiger partial charge in [0.05, 0.1) is 6.61 Å². The predicted octanol–water partition coefficient (Wildman–Crippen LogP) is 2.90. The Kier molecular flexibility index (Phi) is 9.91. The maximum atomic E-state index is 13.5. The summed E-state index contributed by atoms with van der Waals surface area (Å²) in [5.41, 5.74) is 6.26. The van der Waals surface area contributed by atoms with Crippen LogP contribution in [-0.2, 0) is 32.0 Å².